The summed E-state index contributed by atoms with van der Waals surface area (Å²) in [5.41, 5.74) is 2.08. The minimum atomic E-state index is -1.06. The Morgan fingerprint density at radius 3 is 2.52 bits per heavy atom. The van der Waals surface area contributed by atoms with Crippen molar-refractivity contribution in [2.75, 3.05) is 7.05 Å². The Balaban J connectivity index is 2.14. The smallest absolute Gasteiger partial charge is 0.326 e. The number of aliphatic carboxylic acids is 1. The van der Waals surface area contributed by atoms with Crippen molar-refractivity contribution in [2.45, 2.75) is 45.3 Å². The monoisotopic (exact) mass is 318 g/mol. The molecule has 1 aromatic carbocycles. The summed E-state index contributed by atoms with van der Waals surface area (Å²) < 4.78 is 0. The van der Waals surface area contributed by atoms with Gasteiger partial charge in [-0.1, -0.05) is 29.8 Å². The summed E-state index contributed by atoms with van der Waals surface area (Å²) in [4.78, 5) is 38.5. The molecule has 2 amide bonds. The molecule has 1 heterocycles. The Bertz CT molecular complexity index is 612. The average Bonchev–Trinajstić information content (AvgIpc) is 2.88. The molecule has 6 nitrogen and oxygen atoms in total. The number of nitrogens with zero attached hydrogens (tertiary/aromatic N) is 2. The summed E-state index contributed by atoms with van der Waals surface area (Å²) in [5, 5.41) is 9.05. The molecule has 2 atom stereocenters. The van der Waals surface area contributed by atoms with E-state index in [1.165, 1.54) is 18.9 Å². The van der Waals surface area contributed by atoms with Crippen molar-refractivity contribution in [3.8, 4) is 0 Å². The van der Waals surface area contributed by atoms with Crippen molar-refractivity contribution in [1.29, 1.82) is 0 Å². The maximum Gasteiger partial charge on any atom is 0.326 e. The predicted molar refractivity (Wildman–Crippen MR) is 84.6 cm³/mol. The normalized spacial score (nSPS) is 18.8. The fourth-order valence-corrected chi connectivity index (χ4v) is 2.67. The Labute approximate surface area is 135 Å². The van der Waals surface area contributed by atoms with Gasteiger partial charge < -0.3 is 14.9 Å². The lowest BCUT2D eigenvalue weighted by molar-refractivity contribution is -0.151. The van der Waals surface area contributed by atoms with E-state index in [4.69, 9.17) is 5.11 Å². The van der Waals surface area contributed by atoms with Crippen molar-refractivity contribution in [1.82, 2.24) is 9.80 Å². The molecule has 0 aliphatic carbocycles. The number of likely N-dealkylation sites (N-methyl/N-ethyl adjacent to an activating group) is 1. The molecule has 0 bridgehead atoms. The van der Waals surface area contributed by atoms with Gasteiger partial charge in [-0.2, -0.15) is 0 Å². The number of carbonyl (C=O) groups is 3. The maximum absolute atomic E-state index is 12.6. The largest absolute Gasteiger partial charge is 0.480 e. The van der Waals surface area contributed by atoms with Crippen LogP contribution in [0.3, 0.4) is 0 Å². The minimum absolute atomic E-state index is 0.0692. The second-order valence-electron chi connectivity index (χ2n) is 6.03. The first-order chi connectivity index (χ1) is 10.8. The third kappa shape index (κ3) is 3.70. The molecule has 1 aromatic rings. The minimum Gasteiger partial charge on any atom is -0.480 e. The van der Waals surface area contributed by atoms with E-state index in [1.54, 1.807) is 4.90 Å². The molecule has 1 fully saturated rings. The molecule has 1 aliphatic rings. The van der Waals surface area contributed by atoms with Crippen molar-refractivity contribution >= 4 is 17.8 Å². The van der Waals surface area contributed by atoms with Crippen LogP contribution in [0.15, 0.2) is 24.3 Å². The number of rotatable bonds is 5. The Morgan fingerprint density at radius 2 is 1.96 bits per heavy atom. The van der Waals surface area contributed by atoms with E-state index in [2.05, 4.69) is 0 Å². The zero-order valence-corrected chi connectivity index (χ0v) is 13.7. The lowest BCUT2D eigenvalue weighted by Gasteiger charge is -2.30. The Kier molecular flexibility index (Phi) is 5.03. The molecule has 1 aliphatic heterocycles. The summed E-state index contributed by atoms with van der Waals surface area (Å²) in [5.74, 6) is -1.45. The molecule has 0 radical (unpaired) electrons. The van der Waals surface area contributed by atoms with Gasteiger partial charge in [-0.15, -0.1) is 0 Å². The predicted octanol–water partition coefficient (Wildman–Crippen LogP) is 1.42. The number of carboxylic acid groups (broad SMARTS) is 1. The van der Waals surface area contributed by atoms with Gasteiger partial charge in [0.15, 0.2) is 0 Å². The lowest BCUT2D eigenvalue weighted by Crippen LogP contribution is -2.49. The van der Waals surface area contributed by atoms with Crippen LogP contribution in [-0.2, 0) is 20.9 Å². The number of likely N-dealkylation sites (tertiary alicyclic amines) is 1. The molecule has 0 unspecified atom stereocenters. The molecular formula is C17H22N2O4. The standard InChI is InChI=1S/C17H22N2O4/c1-11-4-6-13(7-5-11)10-19-14(8-9-15(19)20)16(21)18(3)12(2)17(22)23/h4-7,12,14H,8-10H2,1-3H3,(H,22,23)/t12-,14-/m0/s1. The zero-order chi connectivity index (χ0) is 17.1. The van der Waals surface area contributed by atoms with Crippen molar-refractivity contribution < 1.29 is 19.5 Å². The fraction of sp³-hybridized carbons (Fsp3) is 0.471. The van der Waals surface area contributed by atoms with Gasteiger partial charge in [0.2, 0.25) is 11.8 Å². The number of amides is 2. The fourth-order valence-electron chi connectivity index (χ4n) is 2.67. The van der Waals surface area contributed by atoms with Crippen LogP contribution < -0.4 is 0 Å². The van der Waals surface area contributed by atoms with Crippen LogP contribution in [0.25, 0.3) is 0 Å². The van der Waals surface area contributed by atoms with Gasteiger partial charge in [0.25, 0.3) is 0 Å². The topological polar surface area (TPSA) is 77.9 Å². The van der Waals surface area contributed by atoms with Gasteiger partial charge in [-0.25, -0.2) is 4.79 Å². The van der Waals surface area contributed by atoms with Crippen LogP contribution in [0, 0.1) is 6.92 Å². The first-order valence-electron chi connectivity index (χ1n) is 7.65. The molecule has 124 valence electrons. The second-order valence-corrected chi connectivity index (χ2v) is 6.03. The second kappa shape index (κ2) is 6.81. The van der Waals surface area contributed by atoms with Crippen molar-refractivity contribution in [2.24, 2.45) is 0 Å². The lowest BCUT2D eigenvalue weighted by atomic mass is 10.1. The average molecular weight is 318 g/mol. The van der Waals surface area contributed by atoms with Crippen LogP contribution in [0.1, 0.15) is 30.9 Å². The van der Waals surface area contributed by atoms with Crippen molar-refractivity contribution in [3.05, 3.63) is 35.4 Å². The van der Waals surface area contributed by atoms with Crippen LogP contribution in [0.5, 0.6) is 0 Å². The van der Waals surface area contributed by atoms with Gasteiger partial charge in [0.1, 0.15) is 12.1 Å². The van der Waals surface area contributed by atoms with E-state index in [9.17, 15) is 14.4 Å². The third-order valence-electron chi connectivity index (χ3n) is 4.37. The molecule has 23 heavy (non-hydrogen) atoms. The first kappa shape index (κ1) is 17.0. The summed E-state index contributed by atoms with van der Waals surface area (Å²) in [7, 11) is 1.47. The molecule has 0 aromatic heterocycles. The van der Waals surface area contributed by atoms with Crippen molar-refractivity contribution in [3.63, 3.8) is 0 Å². The SMILES string of the molecule is Cc1ccc(CN2C(=O)CC[C@H]2C(=O)N(C)[C@@H](C)C(=O)O)cc1. The number of hydrogen-bond donors (Lipinski definition) is 1. The van der Waals surface area contributed by atoms with E-state index in [0.29, 0.717) is 19.4 Å². The Morgan fingerprint density at radius 1 is 1.35 bits per heavy atom. The summed E-state index contributed by atoms with van der Waals surface area (Å²) in [6, 6.07) is 6.30. The van der Waals surface area contributed by atoms with E-state index < -0.39 is 18.1 Å². The van der Waals surface area contributed by atoms with E-state index in [-0.39, 0.29) is 11.8 Å². The van der Waals surface area contributed by atoms with E-state index in [1.807, 2.05) is 31.2 Å². The zero-order valence-electron chi connectivity index (χ0n) is 13.7. The van der Waals surface area contributed by atoms with Gasteiger partial charge in [0.05, 0.1) is 0 Å². The van der Waals surface area contributed by atoms with Gasteiger partial charge in [-0.3, -0.25) is 9.59 Å². The van der Waals surface area contributed by atoms with Gasteiger partial charge in [0, 0.05) is 20.0 Å². The number of hydrogen-bond acceptors (Lipinski definition) is 3. The van der Waals surface area contributed by atoms with Crippen LogP contribution in [0.2, 0.25) is 0 Å². The summed E-state index contributed by atoms with van der Waals surface area (Å²) in [6.45, 7) is 3.81. The van der Waals surface area contributed by atoms with Crippen LogP contribution in [-0.4, -0.2) is 51.8 Å². The highest BCUT2D eigenvalue weighted by molar-refractivity contribution is 5.92. The third-order valence-corrected chi connectivity index (χ3v) is 4.37. The first-order valence-corrected chi connectivity index (χ1v) is 7.65. The molecular weight excluding hydrogens is 296 g/mol. The molecule has 0 saturated carbocycles. The molecule has 0 spiro atoms. The quantitative estimate of drug-likeness (QED) is 0.890. The highest BCUT2D eigenvalue weighted by Crippen LogP contribution is 2.23. The molecule has 1 N–H and O–H groups in total. The van der Waals surface area contributed by atoms with E-state index >= 15 is 0 Å². The molecule has 1 saturated heterocycles. The highest BCUT2D eigenvalue weighted by Gasteiger charge is 2.39. The number of carbonyl (C=O) groups excluding carboxylic acids is 2. The van der Waals surface area contributed by atoms with Gasteiger partial charge in [-0.05, 0) is 25.8 Å². The highest BCUT2D eigenvalue weighted by atomic mass is 16.4. The maximum atomic E-state index is 12.6. The number of aryl methyl sites for hydroxylation is 1. The molecule has 6 heteroatoms. The molecule has 2 rings (SSSR count). The van der Waals surface area contributed by atoms with Gasteiger partial charge >= 0.3 is 5.97 Å². The number of benzene rings is 1. The number of carboxylic acids is 1. The van der Waals surface area contributed by atoms with Crippen LogP contribution in [0.4, 0.5) is 0 Å². The summed E-state index contributed by atoms with van der Waals surface area (Å²) in [6.07, 6.45) is 0.748. The van der Waals surface area contributed by atoms with E-state index in [0.717, 1.165) is 11.1 Å². The Hall–Kier alpha value is -2.37. The van der Waals surface area contributed by atoms with Crippen LogP contribution >= 0.6 is 0 Å². The summed E-state index contributed by atoms with van der Waals surface area (Å²) >= 11 is 0.